The number of carbonyl (C=O) groups excluding carboxylic acids is 3. The zero-order chi connectivity index (χ0) is 53.1. The van der Waals surface area contributed by atoms with Crippen LogP contribution in [0.15, 0.2) is 58.3 Å². The van der Waals surface area contributed by atoms with E-state index in [0.717, 1.165) is 134 Å². The van der Waals surface area contributed by atoms with Gasteiger partial charge in [-0.15, -0.1) is 11.3 Å². The van der Waals surface area contributed by atoms with Gasteiger partial charge in [0.1, 0.15) is 41.1 Å². The third kappa shape index (κ3) is 13.4. The standard InChI is InChI=1S/C54H74ClFN12O5S2/c1-35-46(74-34-62-35)37-6-7-38(28-61-49(70)40-27-39(69)32-68(40)50(71)47(52(2,3)4)63-51(72)54(56)11-12-54)41(26-37)73-25-24-64-20-22-65(23-21-64)31-36-9-16-67(17-10-36)48-45(55)42(8-15-58-48)75-44-30-59-43(29-60-44)66-18-13-53(5,33-57)14-19-66/h6-8,15,26,29-30,34,36,39-40,47,69H,9-14,16-25,27-28,31-33,57H2,1-5H3,(H,61,70)(H,63,72)/t39-,40+,47-/m1/s1. The zero-order valence-corrected chi connectivity index (χ0v) is 46.4. The molecular weight excluding hydrogens is 1020 g/mol. The molecule has 3 aromatic heterocycles. The first-order valence-corrected chi connectivity index (χ1v) is 28.7. The molecule has 406 valence electrons. The van der Waals surface area contributed by atoms with Crippen LogP contribution in [0.2, 0.25) is 5.02 Å². The van der Waals surface area contributed by atoms with Crippen molar-refractivity contribution >= 4 is 64.1 Å². The lowest BCUT2D eigenvalue weighted by Crippen LogP contribution is -2.59. The maximum absolute atomic E-state index is 14.7. The van der Waals surface area contributed by atoms with E-state index in [-0.39, 0.29) is 37.8 Å². The molecule has 1 aromatic carbocycles. The van der Waals surface area contributed by atoms with E-state index in [2.05, 4.69) is 42.1 Å². The molecule has 0 spiro atoms. The van der Waals surface area contributed by atoms with Gasteiger partial charge in [-0.25, -0.2) is 24.3 Å². The number of likely N-dealkylation sites (tertiary alicyclic amines) is 1. The quantitative estimate of drug-likeness (QED) is 0.0879. The van der Waals surface area contributed by atoms with Crippen molar-refractivity contribution in [3.63, 3.8) is 0 Å². The second kappa shape index (κ2) is 23.5. The molecule has 1 aliphatic carbocycles. The van der Waals surface area contributed by atoms with E-state index in [0.29, 0.717) is 29.8 Å². The smallest absolute Gasteiger partial charge is 0.258 e. The number of nitrogens with one attached hydrogen (secondary N) is 2. The molecule has 75 heavy (non-hydrogen) atoms. The number of ether oxygens (including phenoxy) is 1. The first-order chi connectivity index (χ1) is 35.9. The van der Waals surface area contributed by atoms with Crippen LogP contribution in [-0.2, 0) is 20.9 Å². The molecule has 21 heteroatoms. The molecule has 9 rings (SSSR count). The number of alkyl halides is 1. The van der Waals surface area contributed by atoms with Crippen molar-refractivity contribution < 1.29 is 28.6 Å². The molecule has 7 heterocycles. The minimum Gasteiger partial charge on any atom is -0.492 e. The van der Waals surface area contributed by atoms with Gasteiger partial charge >= 0.3 is 0 Å². The minimum absolute atomic E-state index is 0.0420. The number of rotatable bonds is 18. The predicted molar refractivity (Wildman–Crippen MR) is 292 cm³/mol. The average molecular weight is 1090 g/mol. The number of halogens is 2. The third-order valence-electron chi connectivity index (χ3n) is 15.9. The summed E-state index contributed by atoms with van der Waals surface area (Å²) in [7, 11) is 0. The topological polar surface area (TPSA) is 199 Å². The summed E-state index contributed by atoms with van der Waals surface area (Å²) in [6.07, 6.45) is 9.11. The van der Waals surface area contributed by atoms with E-state index < -0.39 is 47.0 Å². The molecule has 0 bridgehead atoms. The number of aryl methyl sites for hydroxylation is 1. The molecule has 1 saturated carbocycles. The van der Waals surface area contributed by atoms with Crippen molar-refractivity contribution in [3.8, 4) is 16.2 Å². The van der Waals surface area contributed by atoms with Gasteiger partial charge in [-0.2, -0.15) is 0 Å². The summed E-state index contributed by atoms with van der Waals surface area (Å²) in [6.45, 7) is 20.1. The van der Waals surface area contributed by atoms with Gasteiger partial charge in [0.2, 0.25) is 11.8 Å². The van der Waals surface area contributed by atoms with Crippen molar-refractivity contribution in [2.75, 3.05) is 94.9 Å². The van der Waals surface area contributed by atoms with Crippen molar-refractivity contribution in [1.29, 1.82) is 0 Å². The number of aliphatic hydroxyl groups is 1. The second-order valence-corrected chi connectivity index (χ2v) is 24.9. The van der Waals surface area contributed by atoms with Gasteiger partial charge in [0.15, 0.2) is 5.67 Å². The average Bonchev–Trinajstić information content (AvgIpc) is 3.81. The lowest BCUT2D eigenvalue weighted by molar-refractivity contribution is -0.145. The summed E-state index contributed by atoms with van der Waals surface area (Å²) < 4.78 is 21.2. The summed E-state index contributed by atoms with van der Waals surface area (Å²) in [5.74, 6) is 1.18. The van der Waals surface area contributed by atoms with Gasteiger partial charge < -0.3 is 45.8 Å². The fraction of sp³-hybridized carbons (Fsp3) is 0.611. The summed E-state index contributed by atoms with van der Waals surface area (Å²) in [4.78, 5) is 72.2. The lowest BCUT2D eigenvalue weighted by atomic mass is 9.80. The van der Waals surface area contributed by atoms with Crippen molar-refractivity contribution in [3.05, 3.63) is 64.6 Å². The van der Waals surface area contributed by atoms with E-state index in [1.165, 1.54) is 16.7 Å². The van der Waals surface area contributed by atoms with Crippen LogP contribution in [0.4, 0.5) is 16.0 Å². The lowest BCUT2D eigenvalue weighted by Gasteiger charge is -2.39. The Morgan fingerprint density at radius 2 is 1.71 bits per heavy atom. The number of nitrogens with two attached hydrogens (primary N) is 1. The predicted octanol–water partition coefficient (Wildman–Crippen LogP) is 6.20. The maximum atomic E-state index is 14.7. The molecule has 5 aliphatic rings. The number of carbonyl (C=O) groups is 3. The summed E-state index contributed by atoms with van der Waals surface area (Å²) >= 11 is 10.1. The number of aromatic nitrogens is 4. The van der Waals surface area contributed by atoms with Crippen molar-refractivity contribution in [2.45, 2.75) is 120 Å². The Morgan fingerprint density at radius 1 is 0.973 bits per heavy atom. The van der Waals surface area contributed by atoms with Crippen molar-refractivity contribution in [1.82, 2.24) is 45.3 Å². The first kappa shape index (κ1) is 55.1. The van der Waals surface area contributed by atoms with Crippen LogP contribution in [0.5, 0.6) is 5.75 Å². The molecule has 5 N–H and O–H groups in total. The summed E-state index contributed by atoms with van der Waals surface area (Å²) in [6, 6.07) is 5.83. The van der Waals surface area contributed by atoms with Crippen molar-refractivity contribution in [2.24, 2.45) is 22.5 Å². The molecule has 0 radical (unpaired) electrons. The number of thiazole rings is 1. The Bertz CT molecular complexity index is 2630. The highest BCUT2D eigenvalue weighted by molar-refractivity contribution is 7.99. The van der Waals surface area contributed by atoms with Crippen LogP contribution in [0, 0.1) is 23.7 Å². The van der Waals surface area contributed by atoms with Gasteiger partial charge in [0.05, 0.1) is 39.6 Å². The van der Waals surface area contributed by atoms with Gasteiger partial charge in [-0.05, 0) is 86.4 Å². The zero-order valence-electron chi connectivity index (χ0n) is 44.0. The van der Waals surface area contributed by atoms with E-state index in [1.54, 1.807) is 32.1 Å². The van der Waals surface area contributed by atoms with Crippen LogP contribution in [-0.4, -0.2) is 166 Å². The number of hydrogen-bond acceptors (Lipinski definition) is 16. The molecule has 4 aromatic rings. The number of benzene rings is 1. The molecular formula is C54H74ClFN12O5S2. The SMILES string of the molecule is Cc1ncsc1-c1ccc(CNC(=O)[C@@H]2C[C@@H](O)CN2C(=O)[C@@H](NC(=O)C2(F)CC2)C(C)(C)C)c(OCCN2CCN(CC3CCN(c4nccc(Sc5cnc(N6CCC(C)(CN)CC6)cn5)c4Cl)CC3)CC2)c1. The molecule has 0 unspecified atom stereocenters. The number of piperidine rings is 2. The highest BCUT2D eigenvalue weighted by atomic mass is 35.5. The van der Waals surface area contributed by atoms with Gasteiger partial charge in [-0.1, -0.05) is 63.2 Å². The summed E-state index contributed by atoms with van der Waals surface area (Å²) in [5, 5.41) is 17.8. The Hall–Kier alpha value is -4.70. The van der Waals surface area contributed by atoms with Crippen LogP contribution in [0.25, 0.3) is 10.4 Å². The molecule has 5 fully saturated rings. The Labute approximate surface area is 453 Å². The largest absolute Gasteiger partial charge is 0.492 e. The monoisotopic (exact) mass is 1090 g/mol. The molecule has 4 saturated heterocycles. The van der Waals surface area contributed by atoms with Crippen LogP contribution in [0.3, 0.4) is 0 Å². The van der Waals surface area contributed by atoms with Gasteiger partial charge in [-0.3, -0.25) is 19.3 Å². The highest BCUT2D eigenvalue weighted by Crippen LogP contribution is 2.41. The van der Waals surface area contributed by atoms with Crippen LogP contribution < -0.4 is 30.9 Å². The van der Waals surface area contributed by atoms with E-state index in [4.69, 9.17) is 37.0 Å². The molecule has 3 amide bonds. The number of β-amino-alcohol motifs (C(OH)–C–C–N with tert-alkyl or cyclic N) is 1. The number of hydrogen-bond donors (Lipinski definition) is 4. The fourth-order valence-corrected chi connectivity index (χ4v) is 12.5. The van der Waals surface area contributed by atoms with Crippen LogP contribution >= 0.6 is 34.7 Å². The molecule has 17 nitrogen and oxygen atoms in total. The Morgan fingerprint density at radius 3 is 2.36 bits per heavy atom. The number of aliphatic hydroxyl groups excluding tert-OH is 1. The van der Waals surface area contributed by atoms with Gasteiger partial charge in [0.25, 0.3) is 5.91 Å². The number of nitrogens with zero attached hydrogens (tertiary/aromatic N) is 9. The van der Waals surface area contributed by atoms with Crippen LogP contribution in [0.1, 0.15) is 83.9 Å². The Balaban J connectivity index is 0.737. The minimum atomic E-state index is -1.96. The number of anilines is 2. The molecule has 3 atom stereocenters. The maximum Gasteiger partial charge on any atom is 0.258 e. The van der Waals surface area contributed by atoms with E-state index >= 15 is 0 Å². The highest BCUT2D eigenvalue weighted by Gasteiger charge is 2.53. The van der Waals surface area contributed by atoms with Gasteiger partial charge in [0, 0.05) is 102 Å². The normalized spacial score (nSPS) is 21.7. The number of pyridine rings is 1. The van der Waals surface area contributed by atoms with E-state index in [1.807, 2.05) is 55.3 Å². The molecule has 4 aliphatic heterocycles. The Kier molecular flexibility index (Phi) is 17.3. The summed E-state index contributed by atoms with van der Waals surface area (Å²) in [5.41, 5.74) is 7.95. The number of piperazine rings is 1. The fourth-order valence-electron chi connectivity index (χ4n) is 10.6. The first-order valence-electron chi connectivity index (χ1n) is 26.6. The number of amides is 3. The second-order valence-electron chi connectivity index (χ2n) is 22.6. The third-order valence-corrected chi connectivity index (χ3v) is 18.3. The van der Waals surface area contributed by atoms with E-state index in [9.17, 15) is 23.9 Å².